The van der Waals surface area contributed by atoms with Crippen molar-refractivity contribution in [3.63, 3.8) is 0 Å². The molecule has 0 bridgehead atoms. The Balaban J connectivity index is 1.68. The number of halogens is 1. The molecule has 2 aliphatic rings. The number of aryl methyl sites for hydroxylation is 1. The van der Waals surface area contributed by atoms with Crippen molar-refractivity contribution in [3.05, 3.63) is 42.1 Å². The molecule has 3 heterocycles. The lowest BCUT2D eigenvalue weighted by Gasteiger charge is -2.29. The largest absolute Gasteiger partial charge is 0.362 e. The molecule has 1 amide bonds. The SMILES string of the molecule is Cn1nccc1[C@H]1[C@H](Nc2ncccc2F)CC(=O)N1C1CC1. The molecule has 2 fully saturated rings. The molecular formula is C16H18FN5O. The second-order valence-electron chi connectivity index (χ2n) is 6.15. The number of nitrogens with one attached hydrogen (secondary N) is 1. The van der Waals surface area contributed by atoms with Gasteiger partial charge in [0.25, 0.3) is 0 Å². The van der Waals surface area contributed by atoms with Crippen LogP contribution in [0.1, 0.15) is 31.0 Å². The Kier molecular flexibility index (Phi) is 3.28. The van der Waals surface area contributed by atoms with E-state index in [1.165, 1.54) is 6.07 Å². The number of amides is 1. The number of hydrogen-bond acceptors (Lipinski definition) is 4. The molecule has 0 unspecified atom stereocenters. The van der Waals surface area contributed by atoms with Crippen LogP contribution in [0.3, 0.4) is 0 Å². The van der Waals surface area contributed by atoms with Crippen LogP contribution in [0.2, 0.25) is 0 Å². The average Bonchev–Trinajstić information content (AvgIpc) is 3.20. The molecule has 4 rings (SSSR count). The van der Waals surface area contributed by atoms with Gasteiger partial charge in [-0.15, -0.1) is 0 Å². The Morgan fingerprint density at radius 3 is 2.78 bits per heavy atom. The first-order valence-electron chi connectivity index (χ1n) is 7.81. The van der Waals surface area contributed by atoms with Gasteiger partial charge in [0.15, 0.2) is 11.6 Å². The second-order valence-corrected chi connectivity index (χ2v) is 6.15. The fourth-order valence-electron chi connectivity index (χ4n) is 3.36. The lowest BCUT2D eigenvalue weighted by atomic mass is 10.1. The maximum Gasteiger partial charge on any atom is 0.225 e. The highest BCUT2D eigenvalue weighted by Crippen LogP contribution is 2.42. The van der Waals surface area contributed by atoms with Crippen LogP contribution in [-0.2, 0) is 11.8 Å². The van der Waals surface area contributed by atoms with Crippen LogP contribution in [0, 0.1) is 5.82 Å². The zero-order chi connectivity index (χ0) is 16.0. The number of carbonyl (C=O) groups excluding carboxylic acids is 1. The summed E-state index contributed by atoms with van der Waals surface area (Å²) in [5, 5.41) is 7.35. The first-order chi connectivity index (χ1) is 11.1. The normalized spacial score (nSPS) is 24.3. The van der Waals surface area contributed by atoms with Gasteiger partial charge >= 0.3 is 0 Å². The topological polar surface area (TPSA) is 63.1 Å². The predicted molar refractivity (Wildman–Crippen MR) is 82.0 cm³/mol. The van der Waals surface area contributed by atoms with Crippen molar-refractivity contribution in [2.24, 2.45) is 7.05 Å². The summed E-state index contributed by atoms with van der Waals surface area (Å²) in [4.78, 5) is 18.5. The Morgan fingerprint density at radius 1 is 1.30 bits per heavy atom. The lowest BCUT2D eigenvalue weighted by molar-refractivity contribution is -0.129. The van der Waals surface area contributed by atoms with Crippen LogP contribution in [0.15, 0.2) is 30.6 Å². The van der Waals surface area contributed by atoms with E-state index < -0.39 is 5.82 Å². The molecule has 2 atom stereocenters. The summed E-state index contributed by atoms with van der Waals surface area (Å²) in [7, 11) is 1.86. The first kappa shape index (κ1) is 14.2. The minimum absolute atomic E-state index is 0.104. The van der Waals surface area contributed by atoms with Crippen LogP contribution >= 0.6 is 0 Å². The summed E-state index contributed by atoms with van der Waals surface area (Å²) in [6.07, 6.45) is 5.67. The number of pyridine rings is 1. The highest BCUT2D eigenvalue weighted by Gasteiger charge is 2.48. The molecule has 1 saturated heterocycles. The minimum atomic E-state index is -0.409. The second kappa shape index (κ2) is 5.33. The number of anilines is 1. The predicted octanol–water partition coefficient (Wildman–Crippen LogP) is 1.87. The number of hydrogen-bond donors (Lipinski definition) is 1. The maximum absolute atomic E-state index is 13.9. The number of aromatic nitrogens is 3. The van der Waals surface area contributed by atoms with Gasteiger partial charge in [-0.3, -0.25) is 9.48 Å². The molecule has 0 radical (unpaired) electrons. The summed E-state index contributed by atoms with van der Waals surface area (Å²) >= 11 is 0. The molecule has 0 aromatic carbocycles. The number of carbonyl (C=O) groups is 1. The summed E-state index contributed by atoms with van der Waals surface area (Å²) in [6, 6.07) is 4.76. The minimum Gasteiger partial charge on any atom is -0.362 e. The zero-order valence-electron chi connectivity index (χ0n) is 12.8. The van der Waals surface area contributed by atoms with E-state index in [4.69, 9.17) is 0 Å². The maximum atomic E-state index is 13.9. The van der Waals surface area contributed by atoms with Gasteiger partial charge in [-0.05, 0) is 31.0 Å². The van der Waals surface area contributed by atoms with Crippen LogP contribution in [0.4, 0.5) is 10.2 Å². The molecule has 6 nitrogen and oxygen atoms in total. The van der Waals surface area contributed by atoms with Gasteiger partial charge in [0.05, 0.1) is 17.8 Å². The van der Waals surface area contributed by atoms with Gasteiger partial charge in [0.2, 0.25) is 5.91 Å². The summed E-state index contributed by atoms with van der Waals surface area (Å²) < 4.78 is 15.7. The average molecular weight is 315 g/mol. The van der Waals surface area contributed by atoms with E-state index in [1.54, 1.807) is 23.1 Å². The molecule has 120 valence electrons. The third kappa shape index (κ3) is 2.46. The van der Waals surface area contributed by atoms with Crippen LogP contribution in [-0.4, -0.2) is 37.7 Å². The molecule has 0 spiro atoms. The van der Waals surface area contributed by atoms with E-state index >= 15 is 0 Å². The summed E-state index contributed by atoms with van der Waals surface area (Å²) in [5.41, 5.74) is 0.955. The molecule has 7 heteroatoms. The van der Waals surface area contributed by atoms with E-state index in [2.05, 4.69) is 15.4 Å². The van der Waals surface area contributed by atoms with Gasteiger partial charge in [-0.2, -0.15) is 5.10 Å². The molecule has 2 aromatic heterocycles. The van der Waals surface area contributed by atoms with E-state index in [1.807, 2.05) is 18.0 Å². The van der Waals surface area contributed by atoms with E-state index in [0.717, 1.165) is 18.5 Å². The highest BCUT2D eigenvalue weighted by molar-refractivity contribution is 5.81. The Labute approximate surface area is 133 Å². The van der Waals surface area contributed by atoms with Gasteiger partial charge < -0.3 is 10.2 Å². The van der Waals surface area contributed by atoms with Gasteiger partial charge in [-0.25, -0.2) is 9.37 Å². The van der Waals surface area contributed by atoms with Crippen molar-refractivity contribution in [2.45, 2.75) is 37.4 Å². The summed E-state index contributed by atoms with van der Waals surface area (Å²) in [5.74, 6) is -0.115. The molecule has 1 aliphatic heterocycles. The van der Waals surface area contributed by atoms with Crippen molar-refractivity contribution in [2.75, 3.05) is 5.32 Å². The number of nitrogens with zero attached hydrogens (tertiary/aromatic N) is 4. The fraction of sp³-hybridized carbons (Fsp3) is 0.438. The van der Waals surface area contributed by atoms with Crippen molar-refractivity contribution in [3.8, 4) is 0 Å². The van der Waals surface area contributed by atoms with Gasteiger partial charge in [0.1, 0.15) is 0 Å². The van der Waals surface area contributed by atoms with Crippen molar-refractivity contribution >= 4 is 11.7 Å². The molecule has 1 saturated carbocycles. The van der Waals surface area contributed by atoms with Crippen molar-refractivity contribution in [1.82, 2.24) is 19.7 Å². The zero-order valence-corrected chi connectivity index (χ0v) is 12.8. The lowest BCUT2D eigenvalue weighted by Crippen LogP contribution is -2.35. The third-order valence-corrected chi connectivity index (χ3v) is 4.55. The van der Waals surface area contributed by atoms with E-state index in [0.29, 0.717) is 12.5 Å². The highest BCUT2D eigenvalue weighted by atomic mass is 19.1. The van der Waals surface area contributed by atoms with Crippen molar-refractivity contribution < 1.29 is 9.18 Å². The first-order valence-corrected chi connectivity index (χ1v) is 7.81. The van der Waals surface area contributed by atoms with E-state index in [9.17, 15) is 9.18 Å². The van der Waals surface area contributed by atoms with Gasteiger partial charge in [-0.1, -0.05) is 0 Å². The number of likely N-dealkylation sites (tertiary alicyclic amines) is 1. The monoisotopic (exact) mass is 315 g/mol. The molecule has 1 N–H and O–H groups in total. The smallest absolute Gasteiger partial charge is 0.225 e. The number of rotatable bonds is 4. The fourth-order valence-corrected chi connectivity index (χ4v) is 3.36. The van der Waals surface area contributed by atoms with Crippen LogP contribution < -0.4 is 5.32 Å². The summed E-state index contributed by atoms with van der Waals surface area (Å²) in [6.45, 7) is 0. The molecular weight excluding hydrogens is 297 g/mol. The van der Waals surface area contributed by atoms with Crippen molar-refractivity contribution in [1.29, 1.82) is 0 Å². The molecule has 23 heavy (non-hydrogen) atoms. The quantitative estimate of drug-likeness (QED) is 0.935. The van der Waals surface area contributed by atoms with E-state index in [-0.39, 0.29) is 23.8 Å². The Hall–Kier alpha value is -2.44. The third-order valence-electron chi connectivity index (χ3n) is 4.55. The molecule has 2 aromatic rings. The Bertz CT molecular complexity index is 742. The standard InChI is InChI=1S/C16H18FN5O/c1-21-13(6-8-19-21)15-12(9-14(23)22(15)10-4-5-10)20-16-11(17)3-2-7-18-16/h2-3,6-8,10,12,15H,4-5,9H2,1H3,(H,18,20)/t12-,15-/m1/s1. The van der Waals surface area contributed by atoms with Gasteiger partial charge in [0, 0.05) is 31.9 Å². The van der Waals surface area contributed by atoms with Crippen LogP contribution in [0.5, 0.6) is 0 Å². The van der Waals surface area contributed by atoms with Crippen LogP contribution in [0.25, 0.3) is 0 Å². The molecule has 1 aliphatic carbocycles. The Morgan fingerprint density at radius 2 is 2.13 bits per heavy atom.